The van der Waals surface area contributed by atoms with Gasteiger partial charge in [0, 0.05) is 10.6 Å². The molecule has 1 aliphatic heterocycles. The molecule has 150 valence electrons. The average molecular weight is 528 g/mol. The second-order valence-electron chi connectivity index (χ2n) is 5.95. The minimum Gasteiger partial charge on any atom is -0.506 e. The number of phenolic OH excluding ortho intramolecular Hbond substituents is 1. The van der Waals surface area contributed by atoms with Crippen LogP contribution in [0.25, 0.3) is 6.08 Å². The number of carbonyl (C=O) groups is 3. The molecule has 1 saturated heterocycles. The highest BCUT2D eigenvalue weighted by atomic mass is 127. The van der Waals surface area contributed by atoms with Crippen LogP contribution in [0.15, 0.2) is 42.1 Å². The highest BCUT2D eigenvalue weighted by Gasteiger charge is 2.35. The van der Waals surface area contributed by atoms with Crippen molar-refractivity contribution in [2.45, 2.75) is 0 Å². The van der Waals surface area contributed by atoms with Crippen LogP contribution in [-0.2, 0) is 9.59 Å². The van der Waals surface area contributed by atoms with Crippen molar-refractivity contribution in [1.29, 1.82) is 0 Å². The van der Waals surface area contributed by atoms with Crippen molar-refractivity contribution >= 4 is 63.8 Å². The summed E-state index contributed by atoms with van der Waals surface area (Å²) in [7, 11) is 1.46. The third-order valence-corrected chi connectivity index (χ3v) is 5.04. The highest BCUT2D eigenvalue weighted by Crippen LogP contribution is 2.30. The number of anilines is 1. The molecule has 2 aromatic carbocycles. The minimum absolute atomic E-state index is 0.0723. The fourth-order valence-electron chi connectivity index (χ4n) is 2.65. The van der Waals surface area contributed by atoms with E-state index in [4.69, 9.17) is 16.3 Å². The summed E-state index contributed by atoms with van der Waals surface area (Å²) in [5.74, 6) is -0.888. The monoisotopic (exact) mass is 527 g/mol. The zero-order valence-corrected chi connectivity index (χ0v) is 17.9. The molecule has 1 heterocycles. The van der Waals surface area contributed by atoms with Crippen LogP contribution in [0.2, 0.25) is 5.02 Å². The first-order valence-electron chi connectivity index (χ1n) is 8.25. The SMILES string of the molecule is COc1ccccc1NC(=O)CN1C(=O)N/C(=C/c2cc(Cl)cc(I)c2O)C1=O. The van der Waals surface area contributed by atoms with E-state index in [0.717, 1.165) is 4.90 Å². The van der Waals surface area contributed by atoms with Gasteiger partial charge in [0.15, 0.2) is 0 Å². The van der Waals surface area contributed by atoms with Gasteiger partial charge in [-0.2, -0.15) is 0 Å². The van der Waals surface area contributed by atoms with Crippen LogP contribution in [0, 0.1) is 3.57 Å². The first-order chi connectivity index (χ1) is 13.8. The molecule has 1 aliphatic rings. The molecule has 0 unspecified atom stereocenters. The normalized spacial score (nSPS) is 14.9. The van der Waals surface area contributed by atoms with Crippen molar-refractivity contribution in [3.05, 3.63) is 56.3 Å². The third-order valence-electron chi connectivity index (χ3n) is 4.00. The number of urea groups is 1. The number of imide groups is 1. The third kappa shape index (κ3) is 4.62. The number of methoxy groups -OCH3 is 1. The Kier molecular flexibility index (Phi) is 6.28. The van der Waals surface area contributed by atoms with Crippen molar-refractivity contribution in [2.75, 3.05) is 19.0 Å². The number of aromatic hydroxyl groups is 1. The van der Waals surface area contributed by atoms with Gasteiger partial charge in [-0.05, 0) is 52.9 Å². The number of ether oxygens (including phenoxy) is 1. The van der Waals surface area contributed by atoms with Gasteiger partial charge in [-0.1, -0.05) is 23.7 Å². The number of carbonyl (C=O) groups excluding carboxylic acids is 3. The lowest BCUT2D eigenvalue weighted by Crippen LogP contribution is -2.38. The van der Waals surface area contributed by atoms with Crippen molar-refractivity contribution < 1.29 is 24.2 Å². The number of halogens is 2. The van der Waals surface area contributed by atoms with E-state index < -0.39 is 24.4 Å². The average Bonchev–Trinajstić information content (AvgIpc) is 2.93. The number of para-hydroxylation sites is 2. The maximum absolute atomic E-state index is 12.6. The number of nitrogens with one attached hydrogen (secondary N) is 2. The first-order valence-corrected chi connectivity index (χ1v) is 9.71. The van der Waals surface area contributed by atoms with Crippen LogP contribution in [-0.4, -0.2) is 41.5 Å². The van der Waals surface area contributed by atoms with Gasteiger partial charge < -0.3 is 20.5 Å². The minimum atomic E-state index is -0.743. The molecular formula is C19H15ClIN3O5. The van der Waals surface area contributed by atoms with E-state index in [9.17, 15) is 19.5 Å². The number of rotatable bonds is 5. The molecule has 0 aromatic heterocycles. The van der Waals surface area contributed by atoms with Gasteiger partial charge in [0.05, 0.1) is 16.4 Å². The molecule has 3 N–H and O–H groups in total. The Balaban J connectivity index is 1.76. The van der Waals surface area contributed by atoms with E-state index in [1.807, 2.05) is 22.6 Å². The Hall–Kier alpha value is -2.79. The van der Waals surface area contributed by atoms with Crippen molar-refractivity contribution in [3.63, 3.8) is 0 Å². The van der Waals surface area contributed by atoms with E-state index >= 15 is 0 Å². The number of amides is 4. The molecule has 8 nitrogen and oxygen atoms in total. The van der Waals surface area contributed by atoms with Crippen molar-refractivity contribution in [3.8, 4) is 11.5 Å². The largest absolute Gasteiger partial charge is 0.506 e. The Morgan fingerprint density at radius 1 is 1.34 bits per heavy atom. The Morgan fingerprint density at radius 3 is 2.79 bits per heavy atom. The zero-order chi connectivity index (χ0) is 21.1. The van der Waals surface area contributed by atoms with E-state index in [-0.39, 0.29) is 17.0 Å². The molecule has 4 amide bonds. The summed E-state index contributed by atoms with van der Waals surface area (Å²) in [4.78, 5) is 37.8. The molecule has 10 heteroatoms. The van der Waals surface area contributed by atoms with E-state index in [1.165, 1.54) is 19.3 Å². The summed E-state index contributed by atoms with van der Waals surface area (Å²) < 4.78 is 5.65. The van der Waals surface area contributed by atoms with Crippen LogP contribution in [0.4, 0.5) is 10.5 Å². The maximum Gasteiger partial charge on any atom is 0.329 e. The molecule has 0 spiro atoms. The Labute approximate surface area is 184 Å². The molecule has 0 aliphatic carbocycles. The summed E-state index contributed by atoms with van der Waals surface area (Å²) in [5.41, 5.74) is 0.612. The number of nitrogens with zero attached hydrogens (tertiary/aromatic N) is 1. The van der Waals surface area contributed by atoms with E-state index in [1.54, 1.807) is 30.3 Å². The lowest BCUT2D eigenvalue weighted by molar-refractivity contribution is -0.127. The van der Waals surface area contributed by atoms with Gasteiger partial charge in [-0.25, -0.2) is 9.69 Å². The number of hydrogen-bond acceptors (Lipinski definition) is 5. The number of phenols is 1. The molecule has 1 fully saturated rings. The predicted octanol–water partition coefficient (Wildman–Crippen LogP) is 3.19. The quantitative estimate of drug-likeness (QED) is 0.315. The van der Waals surface area contributed by atoms with Crippen molar-refractivity contribution in [2.24, 2.45) is 0 Å². The lowest BCUT2D eigenvalue weighted by Gasteiger charge is -2.13. The lowest BCUT2D eigenvalue weighted by atomic mass is 10.1. The van der Waals surface area contributed by atoms with Crippen LogP contribution in [0.5, 0.6) is 11.5 Å². The molecule has 0 atom stereocenters. The summed E-state index contributed by atoms with van der Waals surface area (Å²) in [5, 5.41) is 15.5. The van der Waals surface area contributed by atoms with Gasteiger partial charge >= 0.3 is 6.03 Å². The molecule has 0 bridgehead atoms. The molecule has 2 aromatic rings. The van der Waals surface area contributed by atoms with Gasteiger partial charge in [-0.15, -0.1) is 0 Å². The van der Waals surface area contributed by atoms with Crippen molar-refractivity contribution in [1.82, 2.24) is 10.2 Å². The predicted molar refractivity (Wildman–Crippen MR) is 116 cm³/mol. The molecule has 3 rings (SSSR count). The highest BCUT2D eigenvalue weighted by molar-refractivity contribution is 14.1. The zero-order valence-electron chi connectivity index (χ0n) is 15.0. The van der Waals surface area contributed by atoms with Gasteiger partial charge in [0.2, 0.25) is 5.91 Å². The molecule has 29 heavy (non-hydrogen) atoms. The van der Waals surface area contributed by atoms with Gasteiger partial charge in [0.25, 0.3) is 5.91 Å². The van der Waals surface area contributed by atoms with E-state index in [2.05, 4.69) is 10.6 Å². The fraction of sp³-hybridized carbons (Fsp3) is 0.105. The first kappa shape index (κ1) is 20.9. The smallest absolute Gasteiger partial charge is 0.329 e. The molecule has 0 saturated carbocycles. The molecular weight excluding hydrogens is 513 g/mol. The second kappa shape index (κ2) is 8.70. The van der Waals surface area contributed by atoms with Gasteiger partial charge in [-0.3, -0.25) is 9.59 Å². The Bertz CT molecular complexity index is 1040. The molecule has 0 radical (unpaired) electrons. The number of hydrogen-bond donors (Lipinski definition) is 3. The maximum atomic E-state index is 12.6. The Morgan fingerprint density at radius 2 is 2.07 bits per heavy atom. The second-order valence-corrected chi connectivity index (χ2v) is 7.55. The number of benzene rings is 2. The standard InChI is InChI=1S/C19H15ClIN3O5/c1-29-15-5-3-2-4-13(15)22-16(25)9-24-18(27)14(23-19(24)28)7-10-6-11(20)8-12(21)17(10)26/h2-8,26H,9H2,1H3,(H,22,25)(H,23,28)/b14-7+. The van der Waals surface area contributed by atoms with Gasteiger partial charge in [0.1, 0.15) is 23.7 Å². The van der Waals surface area contributed by atoms with Crippen LogP contribution < -0.4 is 15.4 Å². The van der Waals surface area contributed by atoms with E-state index in [0.29, 0.717) is 20.0 Å². The van der Waals surface area contributed by atoms with Crippen LogP contribution >= 0.6 is 34.2 Å². The topological polar surface area (TPSA) is 108 Å². The summed E-state index contributed by atoms with van der Waals surface area (Å²) in [6.07, 6.45) is 1.31. The summed E-state index contributed by atoms with van der Waals surface area (Å²) in [6, 6.07) is 9.04. The summed E-state index contributed by atoms with van der Waals surface area (Å²) >= 11 is 7.88. The fourth-order valence-corrected chi connectivity index (χ4v) is 3.71. The van der Waals surface area contributed by atoms with Crippen LogP contribution in [0.3, 0.4) is 0 Å². The summed E-state index contributed by atoms with van der Waals surface area (Å²) in [6.45, 7) is -0.487. The van der Waals surface area contributed by atoms with Crippen LogP contribution in [0.1, 0.15) is 5.56 Å².